The van der Waals surface area contributed by atoms with Crippen LogP contribution in [0.3, 0.4) is 0 Å². The number of ether oxygens (including phenoxy) is 2. The average Bonchev–Trinajstić information content (AvgIpc) is 2.91. The summed E-state index contributed by atoms with van der Waals surface area (Å²) in [6.07, 6.45) is -1.98. The number of aromatic hydroxyl groups is 7. The van der Waals surface area contributed by atoms with E-state index in [2.05, 4.69) is 0 Å². The van der Waals surface area contributed by atoms with Crippen LogP contribution in [0, 0.1) is 0 Å². The van der Waals surface area contributed by atoms with Gasteiger partial charge in [-0.1, -0.05) is 0 Å². The van der Waals surface area contributed by atoms with Crippen molar-refractivity contribution < 1.29 is 49.6 Å². The van der Waals surface area contributed by atoms with Crippen LogP contribution in [-0.2, 0) is 6.42 Å². The first-order valence-electron chi connectivity index (χ1n) is 12.3. The highest BCUT2D eigenvalue weighted by atomic mass is 16.5. The Balaban J connectivity index is 1.44. The quantitative estimate of drug-likeness (QED) is 0.153. The Morgan fingerprint density at radius 2 is 1.44 bits per heavy atom. The fraction of sp³-hybridized carbons (Fsp3) is 0.100. The molecule has 1 aromatic heterocycles. The minimum atomic E-state index is -1.05. The van der Waals surface area contributed by atoms with E-state index in [1.165, 1.54) is 48.5 Å². The van der Waals surface area contributed by atoms with Crippen molar-refractivity contribution in [2.75, 3.05) is 0 Å². The van der Waals surface area contributed by atoms with Crippen LogP contribution in [0.1, 0.15) is 17.2 Å². The molecule has 2 atom stereocenters. The first-order chi connectivity index (χ1) is 19.6. The SMILES string of the molecule is O=c1cc(-c2ccc(O)cc2)oc2cc(OC3Cc4c(O)cc(O)cc4OC3c3cc(O)c(O)c(O)c3)cc(O)c12. The van der Waals surface area contributed by atoms with Crippen molar-refractivity contribution in [3.8, 4) is 63.1 Å². The molecule has 0 radical (unpaired) electrons. The van der Waals surface area contributed by atoms with Gasteiger partial charge in [0.05, 0.1) is 0 Å². The molecule has 208 valence electrons. The topological polar surface area (TPSA) is 190 Å². The molecule has 0 amide bonds. The van der Waals surface area contributed by atoms with Crippen LogP contribution in [0.25, 0.3) is 22.3 Å². The number of rotatable bonds is 4. The first-order valence-corrected chi connectivity index (χ1v) is 12.3. The van der Waals surface area contributed by atoms with E-state index in [0.29, 0.717) is 11.1 Å². The van der Waals surface area contributed by atoms with Gasteiger partial charge in [0.15, 0.2) is 28.8 Å². The number of hydrogen-bond donors (Lipinski definition) is 7. The Kier molecular flexibility index (Phi) is 5.91. The third-order valence-electron chi connectivity index (χ3n) is 6.81. The van der Waals surface area contributed by atoms with Crippen LogP contribution in [0.5, 0.6) is 51.7 Å². The number of hydrogen-bond acceptors (Lipinski definition) is 11. The third kappa shape index (κ3) is 4.59. The Morgan fingerprint density at radius 1 is 0.732 bits per heavy atom. The predicted octanol–water partition coefficient (Wildman–Crippen LogP) is 4.52. The summed E-state index contributed by atoms with van der Waals surface area (Å²) >= 11 is 0. The van der Waals surface area contributed by atoms with Crippen molar-refractivity contribution in [2.45, 2.75) is 18.6 Å². The van der Waals surface area contributed by atoms with Gasteiger partial charge in [-0.2, -0.15) is 0 Å². The smallest absolute Gasteiger partial charge is 0.200 e. The van der Waals surface area contributed by atoms with Gasteiger partial charge in [0.1, 0.15) is 57.3 Å². The van der Waals surface area contributed by atoms with Crippen molar-refractivity contribution in [1.29, 1.82) is 0 Å². The Labute approximate surface area is 230 Å². The maximum atomic E-state index is 12.8. The molecule has 0 spiro atoms. The fourth-order valence-corrected chi connectivity index (χ4v) is 4.88. The molecule has 1 aliphatic heterocycles. The second-order valence-electron chi connectivity index (χ2n) is 9.59. The summed E-state index contributed by atoms with van der Waals surface area (Å²) in [5.74, 6) is -2.46. The molecule has 0 bridgehead atoms. The highest BCUT2D eigenvalue weighted by Crippen LogP contribution is 2.46. The molecule has 0 fully saturated rings. The lowest BCUT2D eigenvalue weighted by molar-refractivity contribution is 0.0363. The average molecular weight is 558 g/mol. The molecule has 0 saturated heterocycles. The van der Waals surface area contributed by atoms with Gasteiger partial charge in [0, 0.05) is 53.4 Å². The summed E-state index contributed by atoms with van der Waals surface area (Å²) in [7, 11) is 0. The lowest BCUT2D eigenvalue weighted by Gasteiger charge is -2.34. The number of phenolic OH excluding ortho intramolecular Hbond substituents is 7. The molecule has 41 heavy (non-hydrogen) atoms. The molecule has 6 rings (SSSR count). The highest BCUT2D eigenvalue weighted by Gasteiger charge is 2.36. The standard InChI is InChI=1S/C30H22O11/c31-15-3-1-13(2-4-15)24-12-21(35)28-20(34)9-17(10-26(28)40-24)39-27-11-18-19(33)7-16(32)8-25(18)41-30(27)14-5-22(36)29(38)23(37)6-14/h1-10,12,27,30-34,36-38H,11H2. The molecule has 5 aromatic rings. The maximum Gasteiger partial charge on any atom is 0.200 e. The molecule has 2 heterocycles. The molecule has 7 N–H and O–H groups in total. The summed E-state index contributed by atoms with van der Waals surface area (Å²) in [4.78, 5) is 12.8. The Morgan fingerprint density at radius 3 is 2.15 bits per heavy atom. The van der Waals surface area contributed by atoms with E-state index in [9.17, 15) is 40.5 Å². The molecule has 11 heteroatoms. The summed E-state index contributed by atoms with van der Waals surface area (Å²) in [5.41, 5.74) is 0.517. The van der Waals surface area contributed by atoms with E-state index < -0.39 is 40.6 Å². The molecule has 4 aromatic carbocycles. The van der Waals surface area contributed by atoms with Crippen LogP contribution in [-0.4, -0.2) is 41.8 Å². The van der Waals surface area contributed by atoms with E-state index >= 15 is 0 Å². The molecular weight excluding hydrogens is 536 g/mol. The minimum absolute atomic E-state index is 0.0111. The number of benzene rings is 4. The van der Waals surface area contributed by atoms with Crippen LogP contribution in [0.4, 0.5) is 0 Å². The summed E-state index contributed by atoms with van der Waals surface area (Å²) in [6.45, 7) is 0. The van der Waals surface area contributed by atoms with Crippen LogP contribution in [0.2, 0.25) is 0 Å². The van der Waals surface area contributed by atoms with Gasteiger partial charge in [-0.3, -0.25) is 4.79 Å². The third-order valence-corrected chi connectivity index (χ3v) is 6.81. The van der Waals surface area contributed by atoms with E-state index in [1.807, 2.05) is 0 Å². The van der Waals surface area contributed by atoms with E-state index in [1.54, 1.807) is 12.1 Å². The highest BCUT2D eigenvalue weighted by molar-refractivity contribution is 5.86. The summed E-state index contributed by atoms with van der Waals surface area (Å²) < 4.78 is 18.1. The normalized spacial score (nSPS) is 16.2. The lowest BCUT2D eigenvalue weighted by atomic mass is 9.93. The summed E-state index contributed by atoms with van der Waals surface area (Å²) in [5, 5.41) is 70.7. The largest absolute Gasteiger partial charge is 0.508 e. The molecule has 11 nitrogen and oxygen atoms in total. The minimum Gasteiger partial charge on any atom is -0.508 e. The van der Waals surface area contributed by atoms with Crippen LogP contribution in [0.15, 0.2) is 75.9 Å². The second-order valence-corrected chi connectivity index (χ2v) is 9.59. The van der Waals surface area contributed by atoms with Crippen molar-refractivity contribution in [3.05, 3.63) is 88.1 Å². The lowest BCUT2D eigenvalue weighted by Crippen LogP contribution is -2.35. The Hall–Kier alpha value is -5.71. The van der Waals surface area contributed by atoms with Crippen molar-refractivity contribution in [1.82, 2.24) is 0 Å². The predicted molar refractivity (Wildman–Crippen MR) is 144 cm³/mol. The first kappa shape index (κ1) is 25.6. The van der Waals surface area contributed by atoms with E-state index in [0.717, 1.165) is 6.07 Å². The van der Waals surface area contributed by atoms with Gasteiger partial charge < -0.3 is 49.6 Å². The molecular formula is C30H22O11. The van der Waals surface area contributed by atoms with Crippen molar-refractivity contribution in [3.63, 3.8) is 0 Å². The van der Waals surface area contributed by atoms with Crippen molar-refractivity contribution >= 4 is 11.0 Å². The Bertz CT molecular complexity index is 1850. The second kappa shape index (κ2) is 9.49. The number of fused-ring (bicyclic) bond motifs is 2. The van der Waals surface area contributed by atoms with Crippen LogP contribution >= 0.6 is 0 Å². The molecule has 0 aliphatic carbocycles. The van der Waals surface area contributed by atoms with Gasteiger partial charge >= 0.3 is 0 Å². The zero-order valence-electron chi connectivity index (χ0n) is 21.0. The van der Waals surface area contributed by atoms with Gasteiger partial charge in [0.2, 0.25) is 0 Å². The molecule has 0 saturated carbocycles. The monoisotopic (exact) mass is 558 g/mol. The molecule has 1 aliphatic rings. The van der Waals surface area contributed by atoms with E-state index in [4.69, 9.17) is 13.9 Å². The fourth-order valence-electron chi connectivity index (χ4n) is 4.88. The summed E-state index contributed by atoms with van der Waals surface area (Å²) in [6, 6.07) is 14.6. The zero-order valence-corrected chi connectivity index (χ0v) is 21.0. The molecule has 2 unspecified atom stereocenters. The zero-order chi connectivity index (χ0) is 29.0. The van der Waals surface area contributed by atoms with Crippen molar-refractivity contribution in [2.24, 2.45) is 0 Å². The van der Waals surface area contributed by atoms with Gasteiger partial charge in [-0.15, -0.1) is 0 Å². The maximum absolute atomic E-state index is 12.8. The number of phenols is 7. The van der Waals surface area contributed by atoms with Gasteiger partial charge in [-0.25, -0.2) is 0 Å². The van der Waals surface area contributed by atoms with Gasteiger partial charge in [-0.05, 0) is 36.4 Å². The van der Waals surface area contributed by atoms with E-state index in [-0.39, 0.29) is 57.5 Å². The van der Waals surface area contributed by atoms with Crippen LogP contribution < -0.4 is 14.9 Å². The van der Waals surface area contributed by atoms with Gasteiger partial charge in [0.25, 0.3) is 0 Å².